The molecule has 0 radical (unpaired) electrons. The van der Waals surface area contributed by atoms with Crippen molar-refractivity contribution >= 4 is 11.6 Å². The van der Waals surface area contributed by atoms with Crippen LogP contribution in [0, 0.1) is 0 Å². The Bertz CT molecular complexity index is 400. The minimum Gasteiger partial charge on any atom is -0.370 e. The smallest absolute Gasteiger partial charge is 0.134 e. The van der Waals surface area contributed by atoms with Crippen molar-refractivity contribution in [1.29, 1.82) is 0 Å². The molecule has 1 aliphatic rings. The Hall–Kier alpha value is -1.40. The molecule has 112 valence electrons. The molecule has 20 heavy (non-hydrogen) atoms. The second-order valence-electron chi connectivity index (χ2n) is 5.64. The summed E-state index contributed by atoms with van der Waals surface area (Å²) in [6, 6.07) is 2.06. The van der Waals surface area contributed by atoms with Crippen LogP contribution in [0.3, 0.4) is 0 Å². The second-order valence-corrected chi connectivity index (χ2v) is 5.64. The van der Waals surface area contributed by atoms with Gasteiger partial charge in [0, 0.05) is 38.8 Å². The summed E-state index contributed by atoms with van der Waals surface area (Å²) in [6.45, 7) is 6.28. The molecule has 6 heteroatoms. The topological polar surface area (TPSA) is 47.5 Å². The summed E-state index contributed by atoms with van der Waals surface area (Å²) < 4.78 is 0. The third-order valence-electron chi connectivity index (χ3n) is 3.57. The minimum absolute atomic E-state index is 0.924. The lowest BCUT2D eigenvalue weighted by molar-refractivity contribution is 0.312. The Morgan fingerprint density at radius 3 is 2.65 bits per heavy atom. The van der Waals surface area contributed by atoms with Gasteiger partial charge in [0.05, 0.1) is 0 Å². The van der Waals surface area contributed by atoms with E-state index < -0.39 is 0 Å². The van der Waals surface area contributed by atoms with E-state index in [1.807, 2.05) is 0 Å². The lowest BCUT2D eigenvalue weighted by atomic mass is 10.3. The van der Waals surface area contributed by atoms with Crippen LogP contribution >= 0.6 is 0 Å². The molecule has 0 unspecified atom stereocenters. The molecule has 0 amide bonds. The van der Waals surface area contributed by atoms with Gasteiger partial charge in [-0.15, -0.1) is 0 Å². The fourth-order valence-electron chi connectivity index (χ4n) is 2.26. The number of aromatic nitrogens is 2. The molecule has 1 aliphatic heterocycles. The van der Waals surface area contributed by atoms with Gasteiger partial charge in [-0.2, -0.15) is 0 Å². The summed E-state index contributed by atoms with van der Waals surface area (Å²) >= 11 is 0. The molecular weight excluding hydrogens is 252 g/mol. The van der Waals surface area contributed by atoms with E-state index in [0.717, 1.165) is 57.3 Å². The Morgan fingerprint density at radius 1 is 1.20 bits per heavy atom. The van der Waals surface area contributed by atoms with Crippen molar-refractivity contribution in [2.24, 2.45) is 0 Å². The lowest BCUT2D eigenvalue weighted by Crippen LogP contribution is -2.44. The molecule has 0 spiro atoms. The largest absolute Gasteiger partial charge is 0.370 e. The van der Waals surface area contributed by atoms with Crippen molar-refractivity contribution in [3.05, 3.63) is 12.4 Å². The maximum Gasteiger partial charge on any atom is 0.134 e. The Labute approximate surface area is 121 Å². The van der Waals surface area contributed by atoms with Crippen molar-refractivity contribution in [3.8, 4) is 0 Å². The summed E-state index contributed by atoms with van der Waals surface area (Å²) in [7, 11) is 6.35. The van der Waals surface area contributed by atoms with E-state index in [2.05, 4.69) is 57.2 Å². The minimum atomic E-state index is 0.924. The molecule has 6 nitrogen and oxygen atoms in total. The van der Waals surface area contributed by atoms with Gasteiger partial charge in [-0.25, -0.2) is 9.97 Å². The molecule has 2 heterocycles. The number of piperazine rings is 1. The van der Waals surface area contributed by atoms with Crippen molar-refractivity contribution in [2.45, 2.75) is 6.42 Å². The fourth-order valence-corrected chi connectivity index (χ4v) is 2.26. The van der Waals surface area contributed by atoms with Crippen molar-refractivity contribution in [2.75, 3.05) is 70.6 Å². The molecule has 1 saturated heterocycles. The third-order valence-corrected chi connectivity index (χ3v) is 3.57. The molecule has 1 N–H and O–H groups in total. The Balaban J connectivity index is 1.84. The molecule has 2 rings (SSSR count). The monoisotopic (exact) mass is 278 g/mol. The van der Waals surface area contributed by atoms with Crippen LogP contribution in [0.1, 0.15) is 6.42 Å². The predicted molar refractivity (Wildman–Crippen MR) is 83.4 cm³/mol. The van der Waals surface area contributed by atoms with Crippen molar-refractivity contribution in [3.63, 3.8) is 0 Å². The first-order chi connectivity index (χ1) is 9.65. The molecule has 0 atom stereocenters. The van der Waals surface area contributed by atoms with E-state index in [0.29, 0.717) is 0 Å². The van der Waals surface area contributed by atoms with Gasteiger partial charge in [0.2, 0.25) is 0 Å². The molecular formula is C14H26N6. The zero-order valence-corrected chi connectivity index (χ0v) is 12.8. The highest BCUT2D eigenvalue weighted by Gasteiger charge is 2.15. The zero-order valence-electron chi connectivity index (χ0n) is 12.8. The predicted octanol–water partition coefficient (Wildman–Crippen LogP) is 0.592. The second kappa shape index (κ2) is 7.40. The standard InChI is InChI=1S/C14H26N6/c1-18(2)6-4-5-15-13-11-14(17-12-16-13)20-9-7-19(3)8-10-20/h11-12H,4-10H2,1-3H3,(H,15,16,17). The summed E-state index contributed by atoms with van der Waals surface area (Å²) in [5.74, 6) is 1.95. The maximum atomic E-state index is 4.39. The number of hydrogen-bond donors (Lipinski definition) is 1. The normalized spacial score (nSPS) is 16.7. The summed E-state index contributed by atoms with van der Waals surface area (Å²) in [6.07, 6.45) is 2.77. The molecule has 0 saturated carbocycles. The van der Waals surface area contributed by atoms with Crippen LogP contribution in [0.5, 0.6) is 0 Å². The van der Waals surface area contributed by atoms with Crippen LogP contribution in [-0.2, 0) is 0 Å². The highest BCUT2D eigenvalue weighted by atomic mass is 15.3. The van der Waals surface area contributed by atoms with Crippen LogP contribution < -0.4 is 10.2 Å². The number of rotatable bonds is 6. The summed E-state index contributed by atoms with van der Waals surface area (Å²) in [5, 5.41) is 3.37. The third kappa shape index (κ3) is 4.61. The molecule has 0 aliphatic carbocycles. The quantitative estimate of drug-likeness (QED) is 0.769. The van der Waals surface area contributed by atoms with Gasteiger partial charge >= 0.3 is 0 Å². The van der Waals surface area contributed by atoms with E-state index in [4.69, 9.17) is 0 Å². The Kier molecular flexibility index (Phi) is 5.55. The van der Waals surface area contributed by atoms with Crippen LogP contribution in [0.2, 0.25) is 0 Å². The number of hydrogen-bond acceptors (Lipinski definition) is 6. The van der Waals surface area contributed by atoms with Gasteiger partial charge in [-0.05, 0) is 34.1 Å². The van der Waals surface area contributed by atoms with Gasteiger partial charge in [-0.3, -0.25) is 0 Å². The molecule has 1 aromatic heterocycles. The zero-order chi connectivity index (χ0) is 14.4. The van der Waals surface area contributed by atoms with E-state index in [1.54, 1.807) is 6.33 Å². The van der Waals surface area contributed by atoms with Crippen molar-refractivity contribution in [1.82, 2.24) is 19.8 Å². The molecule has 1 fully saturated rings. The van der Waals surface area contributed by atoms with E-state index in [9.17, 15) is 0 Å². The van der Waals surface area contributed by atoms with Gasteiger partial charge in [0.1, 0.15) is 18.0 Å². The number of nitrogens with zero attached hydrogens (tertiary/aromatic N) is 5. The number of nitrogens with one attached hydrogen (secondary N) is 1. The van der Waals surface area contributed by atoms with Crippen LogP contribution in [0.4, 0.5) is 11.6 Å². The van der Waals surface area contributed by atoms with Crippen LogP contribution in [-0.4, -0.2) is 80.2 Å². The summed E-state index contributed by atoms with van der Waals surface area (Å²) in [5.41, 5.74) is 0. The van der Waals surface area contributed by atoms with E-state index in [-0.39, 0.29) is 0 Å². The van der Waals surface area contributed by atoms with E-state index >= 15 is 0 Å². The molecule has 0 aromatic carbocycles. The van der Waals surface area contributed by atoms with E-state index in [1.165, 1.54) is 0 Å². The first-order valence-corrected chi connectivity index (χ1v) is 7.29. The first kappa shape index (κ1) is 15.0. The first-order valence-electron chi connectivity index (χ1n) is 7.29. The Morgan fingerprint density at radius 2 is 1.95 bits per heavy atom. The maximum absolute atomic E-state index is 4.39. The summed E-state index contributed by atoms with van der Waals surface area (Å²) in [4.78, 5) is 15.5. The van der Waals surface area contributed by atoms with Gasteiger partial charge in [0.25, 0.3) is 0 Å². The van der Waals surface area contributed by atoms with Gasteiger partial charge in [-0.1, -0.05) is 0 Å². The SMILES string of the molecule is CN(C)CCCNc1cc(N2CCN(C)CC2)ncn1. The van der Waals surface area contributed by atoms with Crippen LogP contribution in [0.15, 0.2) is 12.4 Å². The van der Waals surface area contributed by atoms with Gasteiger partial charge < -0.3 is 20.0 Å². The average Bonchev–Trinajstić information content (AvgIpc) is 2.44. The molecule has 1 aromatic rings. The van der Waals surface area contributed by atoms with Crippen molar-refractivity contribution < 1.29 is 0 Å². The number of likely N-dealkylation sites (N-methyl/N-ethyl adjacent to an activating group) is 1. The highest BCUT2D eigenvalue weighted by Crippen LogP contribution is 2.15. The lowest BCUT2D eigenvalue weighted by Gasteiger charge is -2.33. The van der Waals surface area contributed by atoms with Gasteiger partial charge in [0.15, 0.2) is 0 Å². The number of anilines is 2. The average molecular weight is 278 g/mol. The highest BCUT2D eigenvalue weighted by molar-refractivity contribution is 5.48. The van der Waals surface area contributed by atoms with Crippen LogP contribution in [0.25, 0.3) is 0 Å². The molecule has 0 bridgehead atoms. The fraction of sp³-hybridized carbons (Fsp3) is 0.714.